The zero-order valence-corrected chi connectivity index (χ0v) is 17.6. The summed E-state index contributed by atoms with van der Waals surface area (Å²) in [4.78, 5) is 0. The molecule has 28 heavy (non-hydrogen) atoms. The van der Waals surface area contributed by atoms with Gasteiger partial charge in [0.15, 0.2) is 0 Å². The fourth-order valence-corrected chi connectivity index (χ4v) is 3.86. The highest BCUT2D eigenvalue weighted by Crippen LogP contribution is 2.41. The number of rotatable bonds is 2. The van der Waals surface area contributed by atoms with Crippen LogP contribution in [0.5, 0.6) is 0 Å². The van der Waals surface area contributed by atoms with Gasteiger partial charge in [0.05, 0.1) is 12.5 Å². The van der Waals surface area contributed by atoms with Crippen molar-refractivity contribution in [3.8, 4) is 22.6 Å². The van der Waals surface area contributed by atoms with Gasteiger partial charge in [0.25, 0.3) is 0 Å². The molecule has 2 aromatic heterocycles. The van der Waals surface area contributed by atoms with E-state index in [4.69, 9.17) is 8.83 Å². The summed E-state index contributed by atoms with van der Waals surface area (Å²) >= 11 is 0. The zero-order valence-electron chi connectivity index (χ0n) is 17.6. The Balaban J connectivity index is 2.06. The lowest BCUT2D eigenvalue weighted by Crippen LogP contribution is -2.14. The van der Waals surface area contributed by atoms with Crippen molar-refractivity contribution >= 4 is 10.8 Å². The molecule has 4 rings (SSSR count). The van der Waals surface area contributed by atoms with E-state index in [0.29, 0.717) is 0 Å². The Hall–Kier alpha value is -2.74. The molecule has 2 heteroatoms. The van der Waals surface area contributed by atoms with Crippen LogP contribution in [-0.4, -0.2) is 0 Å². The van der Waals surface area contributed by atoms with E-state index in [2.05, 4.69) is 65.8 Å². The summed E-state index contributed by atoms with van der Waals surface area (Å²) in [5.41, 5.74) is 4.91. The highest BCUT2D eigenvalue weighted by molar-refractivity contribution is 5.93. The fraction of sp³-hybridized carbons (Fsp3) is 0.308. The Kier molecular flexibility index (Phi) is 4.26. The minimum absolute atomic E-state index is 0.0118. The summed E-state index contributed by atoms with van der Waals surface area (Å²) in [5, 5.41) is 2.44. The maximum absolute atomic E-state index is 5.77. The van der Waals surface area contributed by atoms with Crippen LogP contribution < -0.4 is 0 Å². The van der Waals surface area contributed by atoms with Gasteiger partial charge in [-0.1, -0.05) is 41.5 Å². The largest absolute Gasteiger partial charge is 0.464 e. The van der Waals surface area contributed by atoms with Crippen LogP contribution in [0.4, 0.5) is 0 Å². The molecule has 0 unspecified atom stereocenters. The molecule has 144 valence electrons. The van der Waals surface area contributed by atoms with Crippen molar-refractivity contribution in [1.29, 1.82) is 0 Å². The molecule has 4 aromatic rings. The first-order valence-corrected chi connectivity index (χ1v) is 9.85. The lowest BCUT2D eigenvalue weighted by molar-refractivity contribution is 0.565. The predicted molar refractivity (Wildman–Crippen MR) is 117 cm³/mol. The predicted octanol–water partition coefficient (Wildman–Crippen LogP) is 7.95. The van der Waals surface area contributed by atoms with Gasteiger partial charge < -0.3 is 8.83 Å². The first-order valence-electron chi connectivity index (χ1n) is 9.85. The van der Waals surface area contributed by atoms with Gasteiger partial charge in [-0.25, -0.2) is 0 Å². The number of hydrogen-bond donors (Lipinski definition) is 0. The smallest absolute Gasteiger partial charge is 0.134 e. The van der Waals surface area contributed by atoms with Crippen LogP contribution in [-0.2, 0) is 10.8 Å². The molecule has 0 aliphatic carbocycles. The van der Waals surface area contributed by atoms with Crippen molar-refractivity contribution in [2.45, 2.75) is 52.4 Å². The molecule has 0 atom stereocenters. The van der Waals surface area contributed by atoms with Gasteiger partial charge in [-0.2, -0.15) is 0 Å². The van der Waals surface area contributed by atoms with E-state index in [1.165, 1.54) is 21.9 Å². The quantitative estimate of drug-likeness (QED) is 0.357. The molecule has 0 aliphatic rings. The Bertz CT molecular complexity index is 1010. The topological polar surface area (TPSA) is 26.3 Å². The molecule has 2 nitrogen and oxygen atoms in total. The van der Waals surface area contributed by atoms with Crippen LogP contribution >= 0.6 is 0 Å². The van der Waals surface area contributed by atoms with Crippen LogP contribution in [0.25, 0.3) is 33.4 Å². The van der Waals surface area contributed by atoms with Crippen molar-refractivity contribution in [3.05, 3.63) is 72.2 Å². The molecule has 0 amide bonds. The molecule has 0 saturated carbocycles. The second-order valence-electron chi connectivity index (χ2n) is 9.60. The minimum atomic E-state index is 0.0118. The summed E-state index contributed by atoms with van der Waals surface area (Å²) < 4.78 is 11.5. The fourth-order valence-electron chi connectivity index (χ4n) is 3.86. The van der Waals surface area contributed by atoms with Crippen LogP contribution in [0.1, 0.15) is 52.7 Å². The SMILES string of the molecule is CC(C)(C)c1cc2cc(C(C)(C)C)c(-c3ccco3)cc2cc1-c1ccco1. The highest BCUT2D eigenvalue weighted by atomic mass is 16.3. The van der Waals surface area contributed by atoms with Crippen LogP contribution in [0, 0.1) is 0 Å². The van der Waals surface area contributed by atoms with Crippen molar-refractivity contribution in [1.82, 2.24) is 0 Å². The molecule has 0 aliphatic heterocycles. The van der Waals surface area contributed by atoms with E-state index in [1.807, 2.05) is 24.3 Å². The molecule has 2 aromatic carbocycles. The maximum atomic E-state index is 5.77. The van der Waals surface area contributed by atoms with E-state index < -0.39 is 0 Å². The van der Waals surface area contributed by atoms with Gasteiger partial charge in [0, 0.05) is 11.1 Å². The molecule has 2 heterocycles. The monoisotopic (exact) mass is 372 g/mol. The molecule has 0 radical (unpaired) electrons. The summed E-state index contributed by atoms with van der Waals surface area (Å²) in [5.74, 6) is 1.82. The van der Waals surface area contributed by atoms with E-state index in [9.17, 15) is 0 Å². The lowest BCUT2D eigenvalue weighted by Gasteiger charge is -2.26. The lowest BCUT2D eigenvalue weighted by atomic mass is 9.78. The Morgan fingerprint density at radius 2 is 0.964 bits per heavy atom. The standard InChI is InChI=1S/C26H28O2/c1-25(2,3)21-15-18-16-22(26(4,5)6)20(24-10-8-12-28-24)14-17(18)13-19(21)23-9-7-11-27-23/h7-16H,1-6H3. The van der Waals surface area contributed by atoms with E-state index in [1.54, 1.807) is 12.5 Å². The molecule has 0 bridgehead atoms. The molecule has 0 spiro atoms. The average Bonchev–Trinajstić information content (AvgIpc) is 3.31. The van der Waals surface area contributed by atoms with Gasteiger partial charge in [0.2, 0.25) is 0 Å². The first-order chi connectivity index (χ1) is 13.1. The first kappa shape index (κ1) is 18.6. The van der Waals surface area contributed by atoms with Crippen molar-refractivity contribution in [2.75, 3.05) is 0 Å². The summed E-state index contributed by atoms with van der Waals surface area (Å²) in [6, 6.07) is 17.1. The second kappa shape index (κ2) is 6.41. The van der Waals surface area contributed by atoms with Gasteiger partial charge in [0.1, 0.15) is 11.5 Å². The van der Waals surface area contributed by atoms with Gasteiger partial charge in [-0.05, 0) is 81.3 Å². The van der Waals surface area contributed by atoms with E-state index in [0.717, 1.165) is 22.6 Å². The average molecular weight is 373 g/mol. The van der Waals surface area contributed by atoms with Gasteiger partial charge in [-0.3, -0.25) is 0 Å². The molecule has 0 saturated heterocycles. The third-order valence-corrected chi connectivity index (χ3v) is 5.30. The molecular weight excluding hydrogens is 344 g/mol. The number of fused-ring (bicyclic) bond motifs is 1. The summed E-state index contributed by atoms with van der Waals surface area (Å²) in [6.07, 6.45) is 3.48. The normalized spacial score (nSPS) is 12.6. The van der Waals surface area contributed by atoms with Crippen LogP contribution in [0.2, 0.25) is 0 Å². The minimum Gasteiger partial charge on any atom is -0.464 e. The number of benzene rings is 2. The highest BCUT2D eigenvalue weighted by Gasteiger charge is 2.24. The van der Waals surface area contributed by atoms with Crippen LogP contribution in [0.15, 0.2) is 69.9 Å². The van der Waals surface area contributed by atoms with Crippen molar-refractivity contribution in [2.24, 2.45) is 0 Å². The Morgan fingerprint density at radius 3 is 1.29 bits per heavy atom. The van der Waals surface area contributed by atoms with Crippen molar-refractivity contribution in [3.63, 3.8) is 0 Å². The Morgan fingerprint density at radius 1 is 0.571 bits per heavy atom. The number of hydrogen-bond acceptors (Lipinski definition) is 2. The second-order valence-corrected chi connectivity index (χ2v) is 9.60. The van der Waals surface area contributed by atoms with E-state index >= 15 is 0 Å². The zero-order chi connectivity index (χ0) is 20.1. The third-order valence-electron chi connectivity index (χ3n) is 5.30. The van der Waals surface area contributed by atoms with Crippen molar-refractivity contribution < 1.29 is 8.83 Å². The summed E-state index contributed by atoms with van der Waals surface area (Å²) in [6.45, 7) is 13.5. The van der Waals surface area contributed by atoms with Gasteiger partial charge >= 0.3 is 0 Å². The Labute approximate surface area is 167 Å². The van der Waals surface area contributed by atoms with E-state index in [-0.39, 0.29) is 10.8 Å². The molecule has 0 N–H and O–H groups in total. The third kappa shape index (κ3) is 3.28. The van der Waals surface area contributed by atoms with Gasteiger partial charge in [-0.15, -0.1) is 0 Å². The molecule has 0 fully saturated rings. The molecular formula is C26H28O2. The maximum Gasteiger partial charge on any atom is 0.134 e. The summed E-state index contributed by atoms with van der Waals surface area (Å²) in [7, 11) is 0. The number of furan rings is 2. The van der Waals surface area contributed by atoms with Crippen LogP contribution in [0.3, 0.4) is 0 Å².